The molecule has 2 N–H and O–H groups in total. The molecule has 0 fully saturated rings. The third kappa shape index (κ3) is 3.68. The van der Waals surface area contributed by atoms with E-state index in [-0.39, 0.29) is 18.6 Å². The van der Waals surface area contributed by atoms with Crippen LogP contribution < -0.4 is 10.5 Å². The minimum atomic E-state index is 0.0471. The van der Waals surface area contributed by atoms with Gasteiger partial charge >= 0.3 is 0 Å². The van der Waals surface area contributed by atoms with Crippen LogP contribution in [0.15, 0.2) is 23.6 Å². The number of aromatic nitrogens is 1. The van der Waals surface area contributed by atoms with Crippen LogP contribution in [-0.2, 0) is 17.6 Å². The van der Waals surface area contributed by atoms with E-state index < -0.39 is 0 Å². The summed E-state index contributed by atoms with van der Waals surface area (Å²) in [4.78, 5) is 16.1. The van der Waals surface area contributed by atoms with Gasteiger partial charge in [-0.15, -0.1) is 11.3 Å². The Balaban J connectivity index is 2.08. The molecule has 0 saturated carbocycles. The van der Waals surface area contributed by atoms with Crippen molar-refractivity contribution in [1.82, 2.24) is 4.98 Å². The summed E-state index contributed by atoms with van der Waals surface area (Å²) in [7, 11) is 1.57. The number of nitrogens with two attached hydrogens (primary N) is 1. The van der Waals surface area contributed by atoms with Gasteiger partial charge in [-0.25, -0.2) is 4.98 Å². The smallest absolute Gasteiger partial charge is 0.180 e. The molecule has 0 amide bonds. The van der Waals surface area contributed by atoms with E-state index in [1.54, 1.807) is 30.7 Å². The van der Waals surface area contributed by atoms with E-state index in [4.69, 9.17) is 22.1 Å². The quantitative estimate of drug-likeness (QED) is 0.921. The minimum Gasteiger partial charge on any atom is -0.496 e. The van der Waals surface area contributed by atoms with E-state index in [9.17, 15) is 4.79 Å². The maximum atomic E-state index is 12.0. The van der Waals surface area contributed by atoms with Gasteiger partial charge in [0, 0.05) is 28.8 Å². The zero-order valence-corrected chi connectivity index (χ0v) is 11.9. The second-order valence-electron chi connectivity index (χ2n) is 4.03. The minimum absolute atomic E-state index is 0.0471. The van der Waals surface area contributed by atoms with Crippen LogP contribution in [0.3, 0.4) is 0 Å². The van der Waals surface area contributed by atoms with Crippen molar-refractivity contribution in [3.05, 3.63) is 39.9 Å². The SMILES string of the molecule is COc1ccc(Cl)cc1CC(=O)Cc1csc(N)n1. The first-order valence-electron chi connectivity index (χ1n) is 5.62. The Bertz CT molecular complexity index is 598. The van der Waals surface area contributed by atoms with E-state index in [2.05, 4.69) is 4.98 Å². The van der Waals surface area contributed by atoms with Gasteiger partial charge in [0.05, 0.1) is 12.8 Å². The molecule has 2 rings (SSSR count). The van der Waals surface area contributed by atoms with E-state index >= 15 is 0 Å². The highest BCUT2D eigenvalue weighted by atomic mass is 35.5. The molecule has 0 bridgehead atoms. The molecule has 19 heavy (non-hydrogen) atoms. The summed E-state index contributed by atoms with van der Waals surface area (Å²) in [5.74, 6) is 0.710. The Morgan fingerprint density at radius 2 is 2.26 bits per heavy atom. The predicted molar refractivity (Wildman–Crippen MR) is 76.9 cm³/mol. The fraction of sp³-hybridized carbons (Fsp3) is 0.231. The highest BCUT2D eigenvalue weighted by molar-refractivity contribution is 7.13. The number of ketones is 1. The average molecular weight is 297 g/mol. The third-order valence-corrected chi connectivity index (χ3v) is 3.54. The van der Waals surface area contributed by atoms with Gasteiger partial charge in [-0.05, 0) is 18.2 Å². The lowest BCUT2D eigenvalue weighted by Crippen LogP contribution is -2.08. The second-order valence-corrected chi connectivity index (χ2v) is 5.35. The van der Waals surface area contributed by atoms with Crippen LogP contribution in [-0.4, -0.2) is 17.9 Å². The predicted octanol–water partition coefficient (Wildman–Crippen LogP) is 2.74. The first kappa shape index (κ1) is 13.8. The van der Waals surface area contributed by atoms with Gasteiger partial charge in [0.25, 0.3) is 0 Å². The third-order valence-electron chi connectivity index (χ3n) is 2.58. The molecular formula is C13H13ClN2O2S. The van der Waals surface area contributed by atoms with Crippen molar-refractivity contribution in [3.8, 4) is 5.75 Å². The molecule has 2 aromatic rings. The number of thiazole rings is 1. The Labute approximate surface area is 120 Å². The van der Waals surface area contributed by atoms with Crippen LogP contribution in [0.2, 0.25) is 5.02 Å². The highest BCUT2D eigenvalue weighted by Gasteiger charge is 2.11. The van der Waals surface area contributed by atoms with E-state index in [0.717, 1.165) is 5.56 Å². The Hall–Kier alpha value is -1.59. The molecule has 6 heteroatoms. The van der Waals surface area contributed by atoms with Crippen LogP contribution in [0.1, 0.15) is 11.3 Å². The summed E-state index contributed by atoms with van der Waals surface area (Å²) in [6.07, 6.45) is 0.532. The largest absolute Gasteiger partial charge is 0.496 e. The van der Waals surface area contributed by atoms with E-state index in [1.807, 2.05) is 0 Å². The van der Waals surface area contributed by atoms with Crippen molar-refractivity contribution < 1.29 is 9.53 Å². The lowest BCUT2D eigenvalue weighted by Gasteiger charge is -2.07. The molecule has 0 unspecified atom stereocenters. The molecule has 4 nitrogen and oxygen atoms in total. The van der Waals surface area contributed by atoms with Gasteiger partial charge < -0.3 is 10.5 Å². The maximum Gasteiger partial charge on any atom is 0.180 e. The van der Waals surface area contributed by atoms with Crippen LogP contribution in [0.5, 0.6) is 5.75 Å². The van der Waals surface area contributed by atoms with Gasteiger partial charge in [0.15, 0.2) is 5.13 Å². The summed E-state index contributed by atoms with van der Waals surface area (Å²) in [6.45, 7) is 0. The van der Waals surface area contributed by atoms with Crippen molar-refractivity contribution in [2.75, 3.05) is 12.8 Å². The molecule has 1 heterocycles. The molecular weight excluding hydrogens is 284 g/mol. The number of nitrogen functional groups attached to an aromatic ring is 1. The van der Waals surface area contributed by atoms with E-state index in [1.165, 1.54) is 11.3 Å². The van der Waals surface area contributed by atoms with Crippen LogP contribution >= 0.6 is 22.9 Å². The molecule has 0 aliphatic rings. The number of methoxy groups -OCH3 is 1. The number of hydrogen-bond acceptors (Lipinski definition) is 5. The summed E-state index contributed by atoms with van der Waals surface area (Å²) in [5.41, 5.74) is 7.01. The lowest BCUT2D eigenvalue weighted by atomic mass is 10.1. The van der Waals surface area contributed by atoms with Gasteiger partial charge in [0.1, 0.15) is 11.5 Å². The standard InChI is InChI=1S/C13H13ClN2O2S/c1-18-12-3-2-9(14)4-8(12)5-11(17)6-10-7-19-13(15)16-10/h2-4,7H,5-6H2,1H3,(H2,15,16). The Morgan fingerprint density at radius 1 is 1.47 bits per heavy atom. The van der Waals surface area contributed by atoms with Crippen molar-refractivity contribution in [2.45, 2.75) is 12.8 Å². The summed E-state index contributed by atoms with van der Waals surface area (Å²) in [6, 6.07) is 5.23. The molecule has 0 spiro atoms. The molecule has 0 atom stereocenters. The Kier molecular flexibility index (Phi) is 4.39. The number of anilines is 1. The summed E-state index contributed by atoms with van der Waals surface area (Å²) >= 11 is 7.26. The molecule has 1 aromatic carbocycles. The number of hydrogen-bond donors (Lipinski definition) is 1. The molecule has 0 aliphatic carbocycles. The topological polar surface area (TPSA) is 65.2 Å². The average Bonchev–Trinajstić information content (AvgIpc) is 2.75. The summed E-state index contributed by atoms with van der Waals surface area (Å²) < 4.78 is 5.21. The van der Waals surface area contributed by atoms with Crippen molar-refractivity contribution >= 4 is 33.9 Å². The number of rotatable bonds is 5. The number of nitrogens with zero attached hydrogens (tertiary/aromatic N) is 1. The fourth-order valence-electron chi connectivity index (χ4n) is 1.77. The zero-order chi connectivity index (χ0) is 13.8. The van der Waals surface area contributed by atoms with Gasteiger partial charge in [-0.1, -0.05) is 11.6 Å². The zero-order valence-electron chi connectivity index (χ0n) is 10.4. The van der Waals surface area contributed by atoms with Crippen molar-refractivity contribution in [3.63, 3.8) is 0 Å². The van der Waals surface area contributed by atoms with Crippen LogP contribution in [0.4, 0.5) is 5.13 Å². The first-order chi connectivity index (χ1) is 9.08. The highest BCUT2D eigenvalue weighted by Crippen LogP contribution is 2.23. The van der Waals surface area contributed by atoms with Crippen molar-refractivity contribution in [1.29, 1.82) is 0 Å². The number of ether oxygens (including phenoxy) is 1. The number of Topliss-reactive ketones (excluding diaryl/α,β-unsaturated/α-hetero) is 1. The fourth-order valence-corrected chi connectivity index (χ4v) is 2.52. The number of halogens is 1. The lowest BCUT2D eigenvalue weighted by molar-refractivity contribution is -0.117. The van der Waals surface area contributed by atoms with Crippen LogP contribution in [0, 0.1) is 0 Å². The van der Waals surface area contributed by atoms with Crippen molar-refractivity contribution in [2.24, 2.45) is 0 Å². The van der Waals surface area contributed by atoms with Gasteiger partial charge in [-0.2, -0.15) is 0 Å². The first-order valence-corrected chi connectivity index (χ1v) is 6.88. The monoisotopic (exact) mass is 296 g/mol. The Morgan fingerprint density at radius 3 is 2.89 bits per heavy atom. The molecule has 0 saturated heterocycles. The van der Waals surface area contributed by atoms with Gasteiger partial charge in [-0.3, -0.25) is 4.79 Å². The molecule has 1 aromatic heterocycles. The number of carbonyl (C=O) groups is 1. The summed E-state index contributed by atoms with van der Waals surface area (Å²) in [5, 5.41) is 2.85. The molecule has 0 aliphatic heterocycles. The van der Waals surface area contributed by atoms with Gasteiger partial charge in [0.2, 0.25) is 0 Å². The second kappa shape index (κ2) is 6.04. The normalized spacial score (nSPS) is 10.4. The molecule has 0 radical (unpaired) electrons. The maximum absolute atomic E-state index is 12.0. The van der Waals surface area contributed by atoms with Crippen LogP contribution in [0.25, 0.3) is 0 Å². The number of carbonyl (C=O) groups excluding carboxylic acids is 1. The van der Waals surface area contributed by atoms with E-state index in [0.29, 0.717) is 21.6 Å². The molecule has 100 valence electrons. The number of benzene rings is 1.